The summed E-state index contributed by atoms with van der Waals surface area (Å²) in [4.78, 5) is 13.3. The highest BCUT2D eigenvalue weighted by atomic mass is 16.4. The van der Waals surface area contributed by atoms with E-state index in [0.29, 0.717) is 0 Å². The number of rotatable bonds is 2. The molecule has 1 N–H and O–H groups in total. The lowest BCUT2D eigenvalue weighted by Crippen LogP contribution is -2.50. The van der Waals surface area contributed by atoms with Crippen LogP contribution in [-0.4, -0.2) is 21.6 Å². The summed E-state index contributed by atoms with van der Waals surface area (Å²) in [6.45, 7) is 12.0. The molecule has 1 amide bonds. The molecular weight excluding hydrogens is 238 g/mol. The second-order valence-corrected chi connectivity index (χ2v) is 7.00. The smallest absolute Gasteiger partial charge is 0.408 e. The summed E-state index contributed by atoms with van der Waals surface area (Å²) < 4.78 is 0. The van der Waals surface area contributed by atoms with Crippen molar-refractivity contribution in [2.45, 2.75) is 53.1 Å². The fraction of sp³-hybridized carbons (Fsp3) is 0.562. The van der Waals surface area contributed by atoms with Crippen molar-refractivity contribution in [3.63, 3.8) is 0 Å². The van der Waals surface area contributed by atoms with Crippen molar-refractivity contribution in [2.75, 3.05) is 0 Å². The molecule has 3 heteroatoms. The number of carboxylic acid groups (broad SMARTS) is 1. The number of nitrogens with zero attached hydrogens (tertiary/aromatic N) is 1. The molecule has 0 saturated carbocycles. The van der Waals surface area contributed by atoms with Crippen LogP contribution >= 0.6 is 0 Å². The van der Waals surface area contributed by atoms with Crippen molar-refractivity contribution in [3.8, 4) is 0 Å². The molecule has 1 aromatic rings. The van der Waals surface area contributed by atoms with Gasteiger partial charge in [-0.3, -0.25) is 4.90 Å². The van der Waals surface area contributed by atoms with Crippen molar-refractivity contribution < 1.29 is 9.90 Å². The quantitative estimate of drug-likeness (QED) is 0.850. The zero-order valence-corrected chi connectivity index (χ0v) is 12.8. The van der Waals surface area contributed by atoms with Gasteiger partial charge in [0.2, 0.25) is 0 Å². The van der Waals surface area contributed by atoms with Gasteiger partial charge >= 0.3 is 6.09 Å². The van der Waals surface area contributed by atoms with Crippen LogP contribution in [0.3, 0.4) is 0 Å². The fourth-order valence-corrected chi connectivity index (χ4v) is 2.46. The molecule has 0 aromatic heterocycles. The average molecular weight is 263 g/mol. The maximum Gasteiger partial charge on any atom is 0.408 e. The Morgan fingerprint density at radius 1 is 1.05 bits per heavy atom. The summed E-state index contributed by atoms with van der Waals surface area (Å²) in [5.41, 5.74) is 0.416. The lowest BCUT2D eigenvalue weighted by Gasteiger charge is -2.45. The second kappa shape index (κ2) is 5.24. The summed E-state index contributed by atoms with van der Waals surface area (Å²) in [6, 6.07) is 9.68. The van der Waals surface area contributed by atoms with E-state index in [9.17, 15) is 9.90 Å². The van der Waals surface area contributed by atoms with Crippen molar-refractivity contribution in [3.05, 3.63) is 35.9 Å². The Kier molecular flexibility index (Phi) is 4.28. The minimum Gasteiger partial charge on any atom is -0.465 e. The molecule has 1 unspecified atom stereocenters. The first-order chi connectivity index (χ1) is 8.55. The Balaban J connectivity index is 3.36. The van der Waals surface area contributed by atoms with Crippen LogP contribution in [0.15, 0.2) is 30.3 Å². The number of benzene rings is 1. The van der Waals surface area contributed by atoms with Crippen LogP contribution in [0, 0.1) is 5.41 Å². The lowest BCUT2D eigenvalue weighted by molar-refractivity contribution is 0.0275. The van der Waals surface area contributed by atoms with Gasteiger partial charge in [0.15, 0.2) is 0 Å². The topological polar surface area (TPSA) is 40.5 Å². The normalized spacial score (nSPS) is 14.0. The first-order valence-electron chi connectivity index (χ1n) is 6.62. The first-order valence-corrected chi connectivity index (χ1v) is 6.62. The van der Waals surface area contributed by atoms with Gasteiger partial charge in [-0.15, -0.1) is 0 Å². The molecule has 1 rings (SSSR count). The van der Waals surface area contributed by atoms with Gasteiger partial charge in [-0.2, -0.15) is 0 Å². The van der Waals surface area contributed by atoms with Crippen LogP contribution in [0.4, 0.5) is 4.79 Å². The van der Waals surface area contributed by atoms with Gasteiger partial charge in [-0.05, 0) is 31.7 Å². The van der Waals surface area contributed by atoms with Gasteiger partial charge in [0, 0.05) is 5.54 Å². The maximum absolute atomic E-state index is 11.7. The van der Waals surface area contributed by atoms with E-state index < -0.39 is 11.6 Å². The molecule has 0 spiro atoms. The van der Waals surface area contributed by atoms with E-state index in [2.05, 4.69) is 20.8 Å². The van der Waals surface area contributed by atoms with E-state index in [0.717, 1.165) is 5.56 Å². The summed E-state index contributed by atoms with van der Waals surface area (Å²) in [6.07, 6.45) is -0.878. The molecule has 0 aliphatic rings. The van der Waals surface area contributed by atoms with Crippen LogP contribution in [0.25, 0.3) is 0 Å². The van der Waals surface area contributed by atoms with Crippen molar-refractivity contribution in [2.24, 2.45) is 5.41 Å². The first kappa shape index (κ1) is 15.5. The monoisotopic (exact) mass is 263 g/mol. The molecule has 3 nitrogen and oxygen atoms in total. The third-order valence-corrected chi connectivity index (χ3v) is 3.12. The minimum absolute atomic E-state index is 0.174. The highest BCUT2D eigenvalue weighted by Gasteiger charge is 2.40. The highest BCUT2D eigenvalue weighted by molar-refractivity contribution is 5.67. The van der Waals surface area contributed by atoms with Gasteiger partial charge in [-0.1, -0.05) is 51.1 Å². The number of hydrogen-bond acceptors (Lipinski definition) is 1. The molecule has 0 aliphatic carbocycles. The van der Waals surface area contributed by atoms with Crippen molar-refractivity contribution >= 4 is 6.09 Å². The molecular formula is C16H25NO2. The van der Waals surface area contributed by atoms with Gasteiger partial charge in [-0.25, -0.2) is 4.79 Å². The van der Waals surface area contributed by atoms with Crippen molar-refractivity contribution in [1.29, 1.82) is 0 Å². The van der Waals surface area contributed by atoms with Crippen LogP contribution < -0.4 is 0 Å². The molecule has 1 aromatic carbocycles. The molecule has 0 saturated heterocycles. The summed E-state index contributed by atoms with van der Waals surface area (Å²) in [5.74, 6) is 0. The Bertz CT molecular complexity index is 426. The number of amides is 1. The molecule has 0 bridgehead atoms. The predicted octanol–water partition coefficient (Wildman–Crippen LogP) is 4.55. The van der Waals surface area contributed by atoms with Gasteiger partial charge in [0.1, 0.15) is 0 Å². The van der Waals surface area contributed by atoms with Gasteiger partial charge < -0.3 is 5.11 Å². The van der Waals surface area contributed by atoms with Gasteiger partial charge in [0.05, 0.1) is 6.04 Å². The predicted molar refractivity (Wildman–Crippen MR) is 78.3 cm³/mol. The molecule has 1 atom stereocenters. The molecule has 106 valence electrons. The van der Waals surface area contributed by atoms with Crippen LogP contribution in [-0.2, 0) is 0 Å². The zero-order chi connectivity index (χ0) is 14.8. The van der Waals surface area contributed by atoms with Crippen LogP contribution in [0.1, 0.15) is 53.1 Å². The second-order valence-electron chi connectivity index (χ2n) is 7.00. The van der Waals surface area contributed by atoms with E-state index in [-0.39, 0.29) is 11.5 Å². The third-order valence-electron chi connectivity index (χ3n) is 3.12. The van der Waals surface area contributed by atoms with Crippen LogP contribution in [0.5, 0.6) is 0 Å². The van der Waals surface area contributed by atoms with E-state index in [4.69, 9.17) is 0 Å². The lowest BCUT2D eigenvalue weighted by atomic mass is 9.79. The summed E-state index contributed by atoms with van der Waals surface area (Å²) in [5, 5.41) is 9.63. The third kappa shape index (κ3) is 3.72. The minimum atomic E-state index is -0.878. The molecule has 19 heavy (non-hydrogen) atoms. The van der Waals surface area contributed by atoms with E-state index in [1.165, 1.54) is 0 Å². The highest BCUT2D eigenvalue weighted by Crippen LogP contribution is 2.41. The standard InChI is InChI=1S/C16H25NO2/c1-15(2,3)13(12-10-8-7-9-11-12)17(14(18)19)16(4,5)6/h7-11,13H,1-6H3,(H,18,19). The molecule has 0 radical (unpaired) electrons. The fourth-order valence-electron chi connectivity index (χ4n) is 2.46. The van der Waals surface area contributed by atoms with Gasteiger partial charge in [0.25, 0.3) is 0 Å². The Hall–Kier alpha value is -1.51. The van der Waals surface area contributed by atoms with Crippen LogP contribution in [0.2, 0.25) is 0 Å². The summed E-state index contributed by atoms with van der Waals surface area (Å²) in [7, 11) is 0. The number of carbonyl (C=O) groups is 1. The molecule has 0 aliphatic heterocycles. The van der Waals surface area contributed by atoms with Crippen molar-refractivity contribution in [1.82, 2.24) is 4.90 Å². The molecule has 0 heterocycles. The SMILES string of the molecule is CC(C)(C)C(c1ccccc1)N(C(=O)O)C(C)(C)C. The Morgan fingerprint density at radius 2 is 1.53 bits per heavy atom. The Labute approximate surface area is 116 Å². The van der Waals surface area contributed by atoms with E-state index in [1.54, 1.807) is 4.90 Å². The Morgan fingerprint density at radius 3 is 1.84 bits per heavy atom. The average Bonchev–Trinajstić information content (AvgIpc) is 2.23. The number of hydrogen-bond donors (Lipinski definition) is 1. The maximum atomic E-state index is 11.7. The summed E-state index contributed by atoms with van der Waals surface area (Å²) >= 11 is 0. The zero-order valence-electron chi connectivity index (χ0n) is 12.8. The van der Waals surface area contributed by atoms with E-state index >= 15 is 0 Å². The van der Waals surface area contributed by atoms with E-state index in [1.807, 2.05) is 51.1 Å². The molecule has 0 fully saturated rings. The largest absolute Gasteiger partial charge is 0.465 e.